The van der Waals surface area contributed by atoms with Crippen LogP contribution >= 0.6 is 0 Å². The molecule has 2 nitrogen and oxygen atoms in total. The van der Waals surface area contributed by atoms with Crippen molar-refractivity contribution in [3.8, 4) is 0 Å². The molecular weight excluding hydrogens is 220 g/mol. The summed E-state index contributed by atoms with van der Waals surface area (Å²) in [5, 5.41) is 3.49. The molecule has 0 bridgehead atoms. The molecule has 2 heterocycles. The molecule has 98 valence electrons. The number of hydrogen-bond donors (Lipinski definition) is 1. The fraction of sp³-hybridized carbons (Fsp3) is 0.625. The van der Waals surface area contributed by atoms with Crippen molar-refractivity contribution in [3.05, 3.63) is 35.9 Å². The van der Waals surface area contributed by atoms with Crippen molar-refractivity contribution in [2.45, 2.75) is 25.7 Å². The molecule has 18 heavy (non-hydrogen) atoms. The lowest BCUT2D eigenvalue weighted by Crippen LogP contribution is -2.38. The van der Waals surface area contributed by atoms with Crippen LogP contribution in [-0.4, -0.2) is 37.6 Å². The number of benzene rings is 1. The molecule has 1 N–H and O–H groups in total. The minimum absolute atomic E-state index is 0.655. The van der Waals surface area contributed by atoms with Crippen LogP contribution in [0, 0.1) is 5.41 Å². The summed E-state index contributed by atoms with van der Waals surface area (Å²) >= 11 is 0. The third kappa shape index (κ3) is 2.76. The quantitative estimate of drug-likeness (QED) is 0.878. The lowest BCUT2D eigenvalue weighted by Gasteiger charge is -2.33. The Labute approximate surface area is 110 Å². The number of piperidine rings is 1. The van der Waals surface area contributed by atoms with Gasteiger partial charge in [0.2, 0.25) is 0 Å². The van der Waals surface area contributed by atoms with E-state index in [1.165, 1.54) is 64.0 Å². The van der Waals surface area contributed by atoms with Crippen molar-refractivity contribution in [2.24, 2.45) is 5.41 Å². The highest BCUT2D eigenvalue weighted by atomic mass is 15.2. The molecule has 2 saturated heterocycles. The maximum atomic E-state index is 3.49. The van der Waals surface area contributed by atoms with E-state index < -0.39 is 0 Å². The van der Waals surface area contributed by atoms with E-state index in [4.69, 9.17) is 0 Å². The van der Waals surface area contributed by atoms with E-state index in [9.17, 15) is 0 Å². The summed E-state index contributed by atoms with van der Waals surface area (Å²) in [6.07, 6.45) is 5.39. The number of likely N-dealkylation sites (tertiary alicyclic amines) is 1. The van der Waals surface area contributed by atoms with Gasteiger partial charge in [0.25, 0.3) is 0 Å². The highest BCUT2D eigenvalue weighted by molar-refractivity contribution is 5.15. The third-order valence-corrected chi connectivity index (χ3v) is 4.74. The van der Waals surface area contributed by atoms with Crippen LogP contribution in [0.1, 0.15) is 24.8 Å². The molecule has 0 radical (unpaired) electrons. The minimum Gasteiger partial charge on any atom is -0.317 e. The average Bonchev–Trinajstić information content (AvgIpc) is 2.82. The van der Waals surface area contributed by atoms with Gasteiger partial charge in [-0.3, -0.25) is 0 Å². The second-order valence-corrected chi connectivity index (χ2v) is 6.01. The molecule has 0 aromatic heterocycles. The zero-order valence-corrected chi connectivity index (χ0v) is 11.2. The standard InChI is InChI=1S/C16H24N2/c1-2-4-15(5-3-1)6-12-18-13-9-16(14-18)7-10-17-11-8-16/h1-5,17H,6-14H2. The maximum absolute atomic E-state index is 3.49. The Balaban J connectivity index is 1.50. The molecule has 0 atom stereocenters. The summed E-state index contributed by atoms with van der Waals surface area (Å²) in [7, 11) is 0. The van der Waals surface area contributed by atoms with Gasteiger partial charge in [-0.2, -0.15) is 0 Å². The molecule has 2 aliphatic rings. The summed E-state index contributed by atoms with van der Waals surface area (Å²) < 4.78 is 0. The van der Waals surface area contributed by atoms with Gasteiger partial charge in [-0.25, -0.2) is 0 Å². The van der Waals surface area contributed by atoms with Gasteiger partial charge in [-0.15, -0.1) is 0 Å². The Morgan fingerprint density at radius 1 is 1.06 bits per heavy atom. The molecule has 3 rings (SSSR count). The zero-order chi connectivity index (χ0) is 12.3. The fourth-order valence-corrected chi connectivity index (χ4v) is 3.52. The molecule has 0 aliphatic carbocycles. The SMILES string of the molecule is c1ccc(CCN2CCC3(CCNCC3)C2)cc1. The predicted octanol–water partition coefficient (Wildman–Crippen LogP) is 2.30. The Hall–Kier alpha value is -0.860. The normalized spacial score (nSPS) is 23.6. The summed E-state index contributed by atoms with van der Waals surface area (Å²) in [5.41, 5.74) is 2.13. The lowest BCUT2D eigenvalue weighted by molar-refractivity contribution is 0.197. The molecule has 1 aromatic rings. The van der Waals surface area contributed by atoms with E-state index in [1.54, 1.807) is 0 Å². The first-order chi connectivity index (χ1) is 8.86. The fourth-order valence-electron chi connectivity index (χ4n) is 3.52. The zero-order valence-electron chi connectivity index (χ0n) is 11.2. The van der Waals surface area contributed by atoms with Crippen molar-refractivity contribution in [1.29, 1.82) is 0 Å². The Kier molecular flexibility index (Phi) is 3.67. The van der Waals surface area contributed by atoms with Gasteiger partial charge >= 0.3 is 0 Å². The lowest BCUT2D eigenvalue weighted by atomic mass is 9.78. The van der Waals surface area contributed by atoms with Gasteiger partial charge in [0.05, 0.1) is 0 Å². The summed E-state index contributed by atoms with van der Waals surface area (Å²) in [6, 6.07) is 10.9. The Bertz CT molecular complexity index is 368. The molecule has 0 amide bonds. The third-order valence-electron chi connectivity index (χ3n) is 4.74. The van der Waals surface area contributed by atoms with Crippen molar-refractivity contribution in [2.75, 3.05) is 32.7 Å². The smallest absolute Gasteiger partial charge is 0.00395 e. The topological polar surface area (TPSA) is 15.3 Å². The minimum atomic E-state index is 0.655. The van der Waals surface area contributed by atoms with Crippen LogP contribution in [0.2, 0.25) is 0 Å². The van der Waals surface area contributed by atoms with Crippen LogP contribution in [0.15, 0.2) is 30.3 Å². The molecule has 0 unspecified atom stereocenters. The predicted molar refractivity (Wildman–Crippen MR) is 75.7 cm³/mol. The molecular formula is C16H24N2. The first-order valence-corrected chi connectivity index (χ1v) is 7.33. The number of nitrogens with one attached hydrogen (secondary N) is 1. The molecule has 1 aromatic carbocycles. The molecule has 1 spiro atoms. The van der Waals surface area contributed by atoms with Crippen molar-refractivity contribution < 1.29 is 0 Å². The second kappa shape index (κ2) is 5.41. The van der Waals surface area contributed by atoms with Gasteiger partial charge in [0.1, 0.15) is 0 Å². The highest BCUT2D eigenvalue weighted by Gasteiger charge is 2.38. The van der Waals surface area contributed by atoms with E-state index in [1.807, 2.05) is 0 Å². The second-order valence-electron chi connectivity index (χ2n) is 6.01. The van der Waals surface area contributed by atoms with Crippen molar-refractivity contribution >= 4 is 0 Å². The van der Waals surface area contributed by atoms with Crippen LogP contribution in [0.25, 0.3) is 0 Å². The van der Waals surface area contributed by atoms with Crippen LogP contribution < -0.4 is 5.32 Å². The molecule has 0 saturated carbocycles. The van der Waals surface area contributed by atoms with E-state index >= 15 is 0 Å². The van der Waals surface area contributed by atoms with Crippen molar-refractivity contribution in [3.63, 3.8) is 0 Å². The van der Waals surface area contributed by atoms with Gasteiger partial charge in [0.15, 0.2) is 0 Å². The Morgan fingerprint density at radius 2 is 1.83 bits per heavy atom. The van der Waals surface area contributed by atoms with Crippen LogP contribution in [0.5, 0.6) is 0 Å². The van der Waals surface area contributed by atoms with Crippen LogP contribution in [-0.2, 0) is 6.42 Å². The number of nitrogens with zero attached hydrogens (tertiary/aromatic N) is 1. The average molecular weight is 244 g/mol. The highest BCUT2D eigenvalue weighted by Crippen LogP contribution is 2.38. The number of rotatable bonds is 3. The van der Waals surface area contributed by atoms with Gasteiger partial charge < -0.3 is 10.2 Å². The summed E-state index contributed by atoms with van der Waals surface area (Å²) in [6.45, 7) is 6.34. The Morgan fingerprint density at radius 3 is 2.61 bits per heavy atom. The number of hydrogen-bond acceptors (Lipinski definition) is 2. The van der Waals surface area contributed by atoms with E-state index in [0.717, 1.165) is 0 Å². The summed E-state index contributed by atoms with van der Waals surface area (Å²) in [5.74, 6) is 0. The first kappa shape index (κ1) is 12.2. The van der Waals surface area contributed by atoms with Crippen LogP contribution in [0.4, 0.5) is 0 Å². The molecule has 2 aliphatic heterocycles. The van der Waals surface area contributed by atoms with Gasteiger partial charge in [-0.1, -0.05) is 30.3 Å². The van der Waals surface area contributed by atoms with Crippen molar-refractivity contribution in [1.82, 2.24) is 10.2 Å². The van der Waals surface area contributed by atoms with E-state index in [0.29, 0.717) is 5.41 Å². The van der Waals surface area contributed by atoms with Crippen LogP contribution in [0.3, 0.4) is 0 Å². The summed E-state index contributed by atoms with van der Waals surface area (Å²) in [4.78, 5) is 2.68. The maximum Gasteiger partial charge on any atom is 0.00395 e. The monoisotopic (exact) mass is 244 g/mol. The molecule has 2 heteroatoms. The molecule has 2 fully saturated rings. The van der Waals surface area contributed by atoms with E-state index in [-0.39, 0.29) is 0 Å². The van der Waals surface area contributed by atoms with E-state index in [2.05, 4.69) is 40.5 Å². The first-order valence-electron chi connectivity index (χ1n) is 7.33. The largest absolute Gasteiger partial charge is 0.317 e. The van der Waals surface area contributed by atoms with Gasteiger partial charge in [0, 0.05) is 13.1 Å². The van der Waals surface area contributed by atoms with Gasteiger partial charge in [-0.05, 0) is 56.3 Å².